The lowest BCUT2D eigenvalue weighted by Gasteiger charge is -2.31. The molecule has 0 radical (unpaired) electrons. The van der Waals surface area contributed by atoms with Gasteiger partial charge in [-0.2, -0.15) is 0 Å². The Balaban J connectivity index is 1.67. The van der Waals surface area contributed by atoms with Crippen LogP contribution in [-0.2, 0) is 4.79 Å². The number of hydrogen-bond donors (Lipinski definition) is 3. The third kappa shape index (κ3) is 6.41. The highest BCUT2D eigenvalue weighted by molar-refractivity contribution is 5.85. The Morgan fingerprint density at radius 1 is 1.19 bits per heavy atom. The first-order chi connectivity index (χ1) is 13.1. The highest BCUT2D eigenvalue weighted by Crippen LogP contribution is 2.38. The van der Waals surface area contributed by atoms with Gasteiger partial charge in [-0.05, 0) is 37.8 Å². The summed E-state index contributed by atoms with van der Waals surface area (Å²) in [7, 11) is 5.45. The van der Waals surface area contributed by atoms with Crippen molar-refractivity contribution in [3.05, 3.63) is 24.4 Å². The number of aliphatic imine (C=N–C) groups is 1. The van der Waals surface area contributed by atoms with Crippen LogP contribution in [0.4, 0.5) is 5.82 Å². The Bertz CT molecular complexity index is 596. The molecule has 27 heavy (non-hydrogen) atoms. The van der Waals surface area contributed by atoms with Crippen LogP contribution in [0, 0.1) is 5.41 Å². The van der Waals surface area contributed by atoms with Crippen LogP contribution in [0.15, 0.2) is 29.4 Å². The van der Waals surface area contributed by atoms with Crippen LogP contribution in [0.3, 0.4) is 0 Å². The van der Waals surface area contributed by atoms with Crippen molar-refractivity contribution in [3.63, 3.8) is 0 Å². The molecule has 3 N–H and O–H groups in total. The van der Waals surface area contributed by atoms with E-state index in [2.05, 4.69) is 25.9 Å². The average Bonchev–Trinajstić information content (AvgIpc) is 3.17. The van der Waals surface area contributed by atoms with Crippen LogP contribution in [0.2, 0.25) is 0 Å². The number of rotatable bonds is 9. The van der Waals surface area contributed by atoms with Gasteiger partial charge in [0.15, 0.2) is 5.96 Å². The molecule has 0 aliphatic heterocycles. The maximum absolute atomic E-state index is 12.6. The maximum atomic E-state index is 12.6. The number of pyridine rings is 1. The lowest BCUT2D eigenvalue weighted by Crippen LogP contribution is -2.49. The van der Waals surface area contributed by atoms with E-state index >= 15 is 0 Å². The fourth-order valence-corrected chi connectivity index (χ4v) is 3.61. The molecule has 0 atom stereocenters. The smallest absolute Gasteiger partial charge is 0.230 e. The summed E-state index contributed by atoms with van der Waals surface area (Å²) in [6.07, 6.45) is 8.01. The monoisotopic (exact) mass is 374 g/mol. The van der Waals surface area contributed by atoms with Gasteiger partial charge in [-0.1, -0.05) is 18.9 Å². The van der Waals surface area contributed by atoms with E-state index < -0.39 is 0 Å². The van der Waals surface area contributed by atoms with Gasteiger partial charge in [-0.25, -0.2) is 4.98 Å². The quantitative estimate of drug-likeness (QED) is 0.350. The van der Waals surface area contributed by atoms with Crippen molar-refractivity contribution < 1.29 is 4.79 Å². The topological polar surface area (TPSA) is 81.6 Å². The lowest BCUT2D eigenvalue weighted by atomic mass is 9.84. The highest BCUT2D eigenvalue weighted by Gasteiger charge is 2.42. The molecule has 1 heterocycles. The van der Waals surface area contributed by atoms with Crippen molar-refractivity contribution >= 4 is 17.7 Å². The van der Waals surface area contributed by atoms with Crippen LogP contribution in [0.25, 0.3) is 0 Å². The lowest BCUT2D eigenvalue weighted by molar-refractivity contribution is -0.138. The Kier molecular flexibility index (Phi) is 8.36. The Labute approximate surface area is 163 Å². The normalized spacial score (nSPS) is 16.0. The van der Waals surface area contributed by atoms with Gasteiger partial charge in [0, 0.05) is 47.0 Å². The first-order valence-corrected chi connectivity index (χ1v) is 9.88. The molecule has 1 fully saturated rings. The largest absolute Gasteiger partial charge is 0.370 e. The Morgan fingerprint density at radius 3 is 2.56 bits per heavy atom. The van der Waals surface area contributed by atoms with E-state index in [-0.39, 0.29) is 11.3 Å². The Hall–Kier alpha value is -2.31. The van der Waals surface area contributed by atoms with Gasteiger partial charge < -0.3 is 20.9 Å². The highest BCUT2D eigenvalue weighted by atomic mass is 16.2. The van der Waals surface area contributed by atoms with E-state index in [1.54, 1.807) is 18.1 Å². The van der Waals surface area contributed by atoms with E-state index in [9.17, 15) is 4.79 Å². The molecule has 1 saturated carbocycles. The summed E-state index contributed by atoms with van der Waals surface area (Å²) >= 11 is 0. The van der Waals surface area contributed by atoms with E-state index in [1.807, 2.05) is 32.3 Å². The van der Waals surface area contributed by atoms with Crippen LogP contribution in [0.1, 0.15) is 38.5 Å². The summed E-state index contributed by atoms with van der Waals surface area (Å²) in [6.45, 7) is 2.38. The number of anilines is 1. The molecule has 1 aromatic heterocycles. The number of hydrogen-bond acceptors (Lipinski definition) is 4. The van der Waals surface area contributed by atoms with Gasteiger partial charge in [0.2, 0.25) is 5.91 Å². The molecule has 0 unspecified atom stereocenters. The molecule has 1 aliphatic rings. The van der Waals surface area contributed by atoms with Gasteiger partial charge in [-0.3, -0.25) is 9.79 Å². The number of aromatic nitrogens is 1. The van der Waals surface area contributed by atoms with Crippen LogP contribution in [0.5, 0.6) is 0 Å². The number of carbonyl (C=O) groups is 1. The second kappa shape index (κ2) is 10.7. The van der Waals surface area contributed by atoms with Crippen molar-refractivity contribution in [2.45, 2.75) is 38.5 Å². The van der Waals surface area contributed by atoms with Crippen LogP contribution >= 0.6 is 0 Å². The fourth-order valence-electron chi connectivity index (χ4n) is 3.61. The van der Waals surface area contributed by atoms with E-state index in [1.165, 1.54) is 0 Å². The predicted octanol–water partition coefficient (Wildman–Crippen LogP) is 2.09. The van der Waals surface area contributed by atoms with Gasteiger partial charge in [-0.15, -0.1) is 0 Å². The molecule has 1 amide bonds. The fraction of sp³-hybridized carbons (Fsp3) is 0.650. The summed E-state index contributed by atoms with van der Waals surface area (Å²) < 4.78 is 0. The minimum absolute atomic E-state index is 0.226. The number of unbranched alkanes of at least 4 members (excludes halogenated alkanes) is 1. The number of nitrogens with zero attached hydrogens (tertiary/aromatic N) is 3. The number of carbonyl (C=O) groups excluding carboxylic acids is 1. The van der Waals surface area contributed by atoms with Gasteiger partial charge in [0.05, 0.1) is 5.41 Å². The van der Waals surface area contributed by atoms with Gasteiger partial charge in [0.1, 0.15) is 5.82 Å². The molecule has 7 heteroatoms. The summed E-state index contributed by atoms with van der Waals surface area (Å²) in [6, 6.07) is 5.86. The Morgan fingerprint density at radius 2 is 1.93 bits per heavy atom. The molecule has 7 nitrogen and oxygen atoms in total. The molecular formula is C20H34N6O. The van der Waals surface area contributed by atoms with Crippen molar-refractivity contribution in [1.29, 1.82) is 0 Å². The minimum Gasteiger partial charge on any atom is -0.370 e. The molecule has 0 saturated heterocycles. The summed E-state index contributed by atoms with van der Waals surface area (Å²) in [5.41, 5.74) is -0.284. The zero-order chi connectivity index (χ0) is 19.5. The van der Waals surface area contributed by atoms with Crippen LogP contribution in [-0.4, -0.2) is 62.5 Å². The van der Waals surface area contributed by atoms with Gasteiger partial charge >= 0.3 is 0 Å². The standard InChI is InChI=1S/C20H34N6O/c1-21-19(24-15-9-8-14-23-17-10-4-7-13-22-17)25-16-20(11-5-6-12-20)18(27)26(2)3/h4,7,10,13H,5-6,8-9,11-12,14-16H2,1-3H3,(H,22,23)(H2,21,24,25). The zero-order valence-corrected chi connectivity index (χ0v) is 16.9. The molecule has 1 aliphatic carbocycles. The molecule has 0 spiro atoms. The number of guanidine groups is 1. The van der Waals surface area contributed by atoms with Crippen LogP contribution < -0.4 is 16.0 Å². The number of amides is 1. The van der Waals surface area contributed by atoms with Crippen molar-refractivity contribution in [1.82, 2.24) is 20.5 Å². The minimum atomic E-state index is -0.284. The summed E-state index contributed by atoms with van der Waals surface area (Å²) in [5, 5.41) is 10.0. The van der Waals surface area contributed by atoms with Crippen molar-refractivity contribution in [3.8, 4) is 0 Å². The average molecular weight is 375 g/mol. The predicted molar refractivity (Wildman–Crippen MR) is 111 cm³/mol. The molecule has 150 valence electrons. The van der Waals surface area contributed by atoms with Crippen molar-refractivity contribution in [2.75, 3.05) is 46.1 Å². The summed E-state index contributed by atoms with van der Waals surface area (Å²) in [5.74, 6) is 1.91. The SMILES string of the molecule is CN=C(NCCCCNc1ccccn1)NCC1(C(=O)N(C)C)CCCC1. The van der Waals surface area contributed by atoms with E-state index in [0.717, 1.165) is 63.4 Å². The van der Waals surface area contributed by atoms with E-state index in [4.69, 9.17) is 0 Å². The first-order valence-electron chi connectivity index (χ1n) is 9.88. The maximum Gasteiger partial charge on any atom is 0.230 e. The third-order valence-electron chi connectivity index (χ3n) is 5.11. The van der Waals surface area contributed by atoms with Crippen molar-refractivity contribution in [2.24, 2.45) is 10.4 Å². The third-order valence-corrected chi connectivity index (χ3v) is 5.11. The second-order valence-electron chi connectivity index (χ2n) is 7.39. The van der Waals surface area contributed by atoms with E-state index in [0.29, 0.717) is 6.54 Å². The molecule has 2 rings (SSSR count). The molecule has 0 aromatic carbocycles. The molecule has 0 bridgehead atoms. The van der Waals surface area contributed by atoms with Gasteiger partial charge in [0.25, 0.3) is 0 Å². The summed E-state index contributed by atoms with van der Waals surface area (Å²) in [4.78, 5) is 22.9. The number of nitrogens with one attached hydrogen (secondary N) is 3. The first kappa shape index (κ1) is 21.0. The second-order valence-corrected chi connectivity index (χ2v) is 7.39. The zero-order valence-electron chi connectivity index (χ0n) is 16.9. The molecule has 1 aromatic rings. The molecular weight excluding hydrogens is 340 g/mol.